The van der Waals surface area contributed by atoms with Gasteiger partial charge in [-0.1, -0.05) is 25.4 Å². The van der Waals surface area contributed by atoms with E-state index in [1.807, 2.05) is 32.6 Å². The van der Waals surface area contributed by atoms with Crippen molar-refractivity contribution in [2.24, 2.45) is 0 Å². The Kier molecular flexibility index (Phi) is 4.25. The van der Waals surface area contributed by atoms with Crippen molar-refractivity contribution in [3.63, 3.8) is 0 Å². The first kappa shape index (κ1) is 15.5. The van der Waals surface area contributed by atoms with E-state index in [0.717, 1.165) is 11.4 Å². The fourth-order valence-electron chi connectivity index (χ4n) is 2.35. The van der Waals surface area contributed by atoms with Crippen molar-refractivity contribution in [2.75, 3.05) is 23.0 Å². The SMILES string of the molecule is Cc1c(Cl)nc(C(C)C)nc1N1CCS(=O)(=O)CC1C. The van der Waals surface area contributed by atoms with Crippen LogP contribution < -0.4 is 4.90 Å². The zero-order valence-corrected chi connectivity index (χ0v) is 13.8. The molecule has 1 aliphatic heterocycles. The number of rotatable bonds is 2. The van der Waals surface area contributed by atoms with Crippen LogP contribution in [0.1, 0.15) is 38.1 Å². The molecular formula is C13H20ClN3O2S. The lowest BCUT2D eigenvalue weighted by Crippen LogP contribution is -2.47. The molecular weight excluding hydrogens is 298 g/mol. The zero-order valence-electron chi connectivity index (χ0n) is 12.2. The normalized spacial score (nSPS) is 22.3. The summed E-state index contributed by atoms with van der Waals surface area (Å²) in [5, 5.41) is 0.444. The van der Waals surface area contributed by atoms with Gasteiger partial charge >= 0.3 is 0 Å². The largest absolute Gasteiger partial charge is 0.351 e. The highest BCUT2D eigenvalue weighted by molar-refractivity contribution is 7.91. The number of sulfone groups is 1. The van der Waals surface area contributed by atoms with Gasteiger partial charge in [-0.15, -0.1) is 0 Å². The number of hydrogen-bond acceptors (Lipinski definition) is 5. The Hall–Kier alpha value is -0.880. The Morgan fingerprint density at radius 2 is 2.00 bits per heavy atom. The molecule has 1 fully saturated rings. The number of nitrogens with zero attached hydrogens (tertiary/aromatic N) is 3. The Balaban J connectivity index is 2.42. The summed E-state index contributed by atoms with van der Waals surface area (Å²) in [5.41, 5.74) is 0.808. The summed E-state index contributed by atoms with van der Waals surface area (Å²) in [4.78, 5) is 10.9. The van der Waals surface area contributed by atoms with E-state index in [2.05, 4.69) is 9.97 Å². The number of anilines is 1. The van der Waals surface area contributed by atoms with Crippen LogP contribution in [-0.4, -0.2) is 42.5 Å². The van der Waals surface area contributed by atoms with Gasteiger partial charge < -0.3 is 4.90 Å². The van der Waals surface area contributed by atoms with Crippen LogP contribution in [0.2, 0.25) is 5.15 Å². The van der Waals surface area contributed by atoms with Crippen LogP contribution in [0, 0.1) is 6.92 Å². The Morgan fingerprint density at radius 1 is 1.35 bits per heavy atom. The van der Waals surface area contributed by atoms with Crippen molar-refractivity contribution < 1.29 is 8.42 Å². The van der Waals surface area contributed by atoms with E-state index in [-0.39, 0.29) is 23.5 Å². The summed E-state index contributed by atoms with van der Waals surface area (Å²) < 4.78 is 23.4. The van der Waals surface area contributed by atoms with E-state index in [1.54, 1.807) is 0 Å². The molecule has 1 saturated heterocycles. The molecule has 20 heavy (non-hydrogen) atoms. The van der Waals surface area contributed by atoms with Crippen molar-refractivity contribution in [3.8, 4) is 0 Å². The van der Waals surface area contributed by atoms with Crippen LogP contribution in [0.25, 0.3) is 0 Å². The highest BCUT2D eigenvalue weighted by Crippen LogP contribution is 2.28. The lowest BCUT2D eigenvalue weighted by atomic mass is 10.2. The van der Waals surface area contributed by atoms with Crippen LogP contribution in [0.15, 0.2) is 0 Å². The van der Waals surface area contributed by atoms with E-state index < -0.39 is 9.84 Å². The van der Waals surface area contributed by atoms with E-state index >= 15 is 0 Å². The monoisotopic (exact) mass is 317 g/mol. The second kappa shape index (κ2) is 5.48. The van der Waals surface area contributed by atoms with Gasteiger partial charge in [0.05, 0.1) is 11.5 Å². The molecule has 7 heteroatoms. The molecule has 1 atom stereocenters. The van der Waals surface area contributed by atoms with E-state index in [4.69, 9.17) is 11.6 Å². The van der Waals surface area contributed by atoms with Gasteiger partial charge in [0.15, 0.2) is 9.84 Å². The molecule has 112 valence electrons. The molecule has 1 unspecified atom stereocenters. The second-order valence-corrected chi connectivity index (χ2v) is 8.22. The fraction of sp³-hybridized carbons (Fsp3) is 0.692. The predicted octanol–water partition coefficient (Wildman–Crippen LogP) is 2.19. The zero-order chi connectivity index (χ0) is 15.1. The van der Waals surface area contributed by atoms with Crippen LogP contribution in [0.5, 0.6) is 0 Å². The second-order valence-electron chi connectivity index (χ2n) is 5.63. The van der Waals surface area contributed by atoms with Crippen molar-refractivity contribution in [1.82, 2.24) is 9.97 Å². The van der Waals surface area contributed by atoms with Crippen molar-refractivity contribution in [3.05, 3.63) is 16.5 Å². The minimum absolute atomic E-state index is 0.0987. The average molecular weight is 318 g/mol. The molecule has 1 aliphatic rings. The van der Waals surface area contributed by atoms with Crippen molar-refractivity contribution in [2.45, 2.75) is 39.7 Å². The fourth-order valence-corrected chi connectivity index (χ4v) is 4.07. The molecule has 0 aromatic carbocycles. The minimum atomic E-state index is -2.94. The quantitative estimate of drug-likeness (QED) is 0.782. The van der Waals surface area contributed by atoms with E-state index in [0.29, 0.717) is 17.5 Å². The molecule has 0 N–H and O–H groups in total. The standard InChI is InChI=1S/C13H20ClN3O2S/c1-8(2)12-15-11(14)10(4)13(16-12)17-5-6-20(18,19)7-9(17)3/h8-9H,5-7H2,1-4H3. The van der Waals surface area contributed by atoms with Crippen LogP contribution in [0.4, 0.5) is 5.82 Å². The topological polar surface area (TPSA) is 63.2 Å². The van der Waals surface area contributed by atoms with Crippen molar-refractivity contribution in [1.29, 1.82) is 0 Å². The summed E-state index contributed by atoms with van der Waals surface area (Å²) in [6, 6.07) is -0.0987. The molecule has 0 spiro atoms. The van der Waals surface area contributed by atoms with Gasteiger partial charge in [-0.25, -0.2) is 18.4 Å². The third kappa shape index (κ3) is 3.06. The number of hydrogen-bond donors (Lipinski definition) is 0. The Bertz CT molecular complexity index is 616. The Morgan fingerprint density at radius 3 is 2.55 bits per heavy atom. The van der Waals surface area contributed by atoms with Crippen LogP contribution in [0.3, 0.4) is 0 Å². The molecule has 2 rings (SSSR count). The van der Waals surface area contributed by atoms with Crippen LogP contribution >= 0.6 is 11.6 Å². The number of aromatic nitrogens is 2. The molecule has 0 saturated carbocycles. The van der Waals surface area contributed by atoms with E-state index in [1.165, 1.54) is 0 Å². The molecule has 0 radical (unpaired) electrons. The Labute approximate surface area is 125 Å². The summed E-state index contributed by atoms with van der Waals surface area (Å²) in [5.74, 6) is 1.95. The molecule has 1 aromatic heterocycles. The molecule has 0 bridgehead atoms. The van der Waals surface area contributed by atoms with Crippen LogP contribution in [-0.2, 0) is 9.84 Å². The van der Waals surface area contributed by atoms with Gasteiger partial charge in [-0.3, -0.25) is 0 Å². The molecule has 1 aromatic rings. The molecule has 2 heterocycles. The predicted molar refractivity (Wildman–Crippen MR) is 81.3 cm³/mol. The maximum atomic E-state index is 11.7. The summed E-state index contributed by atoms with van der Waals surface area (Å²) in [6.45, 7) is 8.25. The first-order chi connectivity index (χ1) is 9.21. The third-order valence-corrected chi connectivity index (χ3v) is 5.70. The summed E-state index contributed by atoms with van der Waals surface area (Å²) in [6.07, 6.45) is 0. The van der Waals surface area contributed by atoms with Gasteiger partial charge in [-0.2, -0.15) is 0 Å². The first-order valence-electron chi connectivity index (χ1n) is 6.72. The van der Waals surface area contributed by atoms with Crippen molar-refractivity contribution >= 4 is 27.3 Å². The molecule has 5 nitrogen and oxygen atoms in total. The maximum Gasteiger partial charge on any atom is 0.154 e. The van der Waals surface area contributed by atoms with Gasteiger partial charge in [0, 0.05) is 24.1 Å². The van der Waals surface area contributed by atoms with Gasteiger partial charge in [0.1, 0.15) is 16.8 Å². The van der Waals surface area contributed by atoms with Gasteiger partial charge in [0.25, 0.3) is 0 Å². The average Bonchev–Trinajstić information content (AvgIpc) is 2.32. The summed E-state index contributed by atoms with van der Waals surface area (Å²) in [7, 11) is -2.94. The highest BCUT2D eigenvalue weighted by Gasteiger charge is 2.30. The highest BCUT2D eigenvalue weighted by atomic mass is 35.5. The lowest BCUT2D eigenvalue weighted by Gasteiger charge is -2.35. The van der Waals surface area contributed by atoms with Gasteiger partial charge in [0.2, 0.25) is 0 Å². The smallest absolute Gasteiger partial charge is 0.154 e. The molecule has 0 aliphatic carbocycles. The maximum absolute atomic E-state index is 11.7. The minimum Gasteiger partial charge on any atom is -0.351 e. The first-order valence-corrected chi connectivity index (χ1v) is 8.92. The number of halogens is 1. The van der Waals surface area contributed by atoms with Gasteiger partial charge in [-0.05, 0) is 13.8 Å². The third-order valence-electron chi connectivity index (χ3n) is 3.54. The van der Waals surface area contributed by atoms with E-state index in [9.17, 15) is 8.42 Å². The lowest BCUT2D eigenvalue weighted by molar-refractivity contribution is 0.565. The molecule has 0 amide bonds. The summed E-state index contributed by atoms with van der Waals surface area (Å²) >= 11 is 6.19.